The van der Waals surface area contributed by atoms with Crippen molar-refractivity contribution in [2.75, 3.05) is 33.4 Å². The molecule has 1 aromatic rings. The smallest absolute Gasteiger partial charge is 0.252 e. The Kier molecular flexibility index (Phi) is 6.24. The van der Waals surface area contributed by atoms with E-state index in [1.54, 1.807) is 13.1 Å². The van der Waals surface area contributed by atoms with Gasteiger partial charge in [-0.2, -0.15) is 4.31 Å². The van der Waals surface area contributed by atoms with Gasteiger partial charge in [-0.1, -0.05) is 0 Å². The van der Waals surface area contributed by atoms with Gasteiger partial charge >= 0.3 is 0 Å². The van der Waals surface area contributed by atoms with Crippen LogP contribution in [0.1, 0.15) is 25.6 Å². The van der Waals surface area contributed by atoms with Crippen molar-refractivity contribution >= 4 is 27.3 Å². The Labute approximate surface area is 148 Å². The van der Waals surface area contributed by atoms with Gasteiger partial charge in [0.25, 0.3) is 10.0 Å². The average Bonchev–Trinajstić information content (AvgIpc) is 3.01. The second-order valence-electron chi connectivity index (χ2n) is 6.54. The minimum atomic E-state index is -3.42. The summed E-state index contributed by atoms with van der Waals surface area (Å²) < 4.78 is 32.3. The third-order valence-electron chi connectivity index (χ3n) is 3.35. The molecule has 24 heavy (non-hydrogen) atoms. The van der Waals surface area contributed by atoms with Crippen LogP contribution in [0.5, 0.6) is 0 Å². The molecular weight excluding hydrogens is 348 g/mol. The molecule has 1 saturated heterocycles. The summed E-state index contributed by atoms with van der Waals surface area (Å²) in [5.41, 5.74) is -0.0951. The Balaban J connectivity index is 2.00. The molecule has 0 aromatic carbocycles. The number of nitrogens with one attached hydrogen (secondary N) is 2. The number of aliphatic imine (C=N–C) groups is 1. The number of sulfonamides is 1. The van der Waals surface area contributed by atoms with Gasteiger partial charge < -0.3 is 15.4 Å². The molecule has 0 saturated carbocycles. The Hall–Kier alpha value is -1.16. The summed E-state index contributed by atoms with van der Waals surface area (Å²) in [5, 5.41) is 6.48. The van der Waals surface area contributed by atoms with Crippen molar-refractivity contribution in [1.82, 2.24) is 14.9 Å². The Morgan fingerprint density at radius 1 is 1.33 bits per heavy atom. The third-order valence-corrected chi connectivity index (χ3v) is 6.80. The summed E-state index contributed by atoms with van der Waals surface area (Å²) in [6.45, 7) is 8.42. The number of guanidine groups is 1. The van der Waals surface area contributed by atoms with Crippen LogP contribution in [0.4, 0.5) is 0 Å². The van der Waals surface area contributed by atoms with E-state index < -0.39 is 10.0 Å². The van der Waals surface area contributed by atoms with Crippen molar-refractivity contribution in [3.8, 4) is 0 Å². The lowest BCUT2D eigenvalue weighted by atomic mass is 10.1. The zero-order valence-corrected chi connectivity index (χ0v) is 16.3. The first-order valence-corrected chi connectivity index (χ1v) is 10.1. The van der Waals surface area contributed by atoms with Crippen LogP contribution in [0.3, 0.4) is 0 Å². The molecule has 0 spiro atoms. The largest absolute Gasteiger partial charge is 0.379 e. The summed E-state index contributed by atoms with van der Waals surface area (Å²) in [6.07, 6.45) is 0. The van der Waals surface area contributed by atoms with Crippen LogP contribution in [0.15, 0.2) is 21.3 Å². The number of rotatable bonds is 4. The number of hydrogen-bond donors (Lipinski definition) is 2. The van der Waals surface area contributed by atoms with Gasteiger partial charge in [-0.3, -0.25) is 4.99 Å². The number of nitrogens with zero attached hydrogens (tertiary/aromatic N) is 2. The second kappa shape index (κ2) is 7.81. The lowest BCUT2D eigenvalue weighted by molar-refractivity contribution is 0.0731. The lowest BCUT2D eigenvalue weighted by Crippen LogP contribution is -2.47. The highest BCUT2D eigenvalue weighted by molar-refractivity contribution is 7.91. The van der Waals surface area contributed by atoms with Crippen LogP contribution in [0.25, 0.3) is 0 Å². The highest BCUT2D eigenvalue weighted by Gasteiger charge is 2.27. The van der Waals surface area contributed by atoms with E-state index in [2.05, 4.69) is 36.4 Å². The van der Waals surface area contributed by atoms with Crippen LogP contribution in [-0.2, 0) is 21.3 Å². The number of hydrogen-bond acceptors (Lipinski definition) is 5. The molecule has 0 amide bonds. The maximum Gasteiger partial charge on any atom is 0.252 e. The maximum absolute atomic E-state index is 12.6. The fourth-order valence-electron chi connectivity index (χ4n) is 2.21. The Morgan fingerprint density at radius 3 is 2.58 bits per heavy atom. The summed E-state index contributed by atoms with van der Waals surface area (Å²) in [6, 6.07) is 3.52. The molecule has 0 bridgehead atoms. The van der Waals surface area contributed by atoms with Crippen LogP contribution >= 0.6 is 11.3 Å². The van der Waals surface area contributed by atoms with Gasteiger partial charge in [0.15, 0.2) is 5.96 Å². The molecule has 1 aromatic heterocycles. The highest BCUT2D eigenvalue weighted by Crippen LogP contribution is 2.25. The first-order valence-electron chi connectivity index (χ1n) is 7.88. The predicted molar refractivity (Wildman–Crippen MR) is 97.0 cm³/mol. The standard InChI is InChI=1S/C15H26N4O3S2/c1-15(2,3)18-14(16-4)17-11-12-5-6-13(23-12)24(20,21)19-7-9-22-10-8-19/h5-6H,7-11H2,1-4H3,(H2,16,17,18). The van der Waals surface area contributed by atoms with Gasteiger partial charge in [-0.05, 0) is 32.9 Å². The van der Waals surface area contributed by atoms with E-state index in [1.165, 1.54) is 15.6 Å². The fourth-order valence-corrected chi connectivity index (χ4v) is 5.07. The number of thiophene rings is 1. The van der Waals surface area contributed by atoms with E-state index in [1.807, 2.05) is 6.07 Å². The Bertz CT molecular complexity index is 671. The minimum Gasteiger partial charge on any atom is -0.379 e. The molecule has 2 N–H and O–H groups in total. The van der Waals surface area contributed by atoms with Gasteiger partial charge in [0, 0.05) is 30.6 Å². The van der Waals surface area contributed by atoms with Gasteiger partial charge in [-0.15, -0.1) is 11.3 Å². The van der Waals surface area contributed by atoms with Gasteiger partial charge in [0.2, 0.25) is 0 Å². The number of morpholine rings is 1. The molecule has 9 heteroatoms. The highest BCUT2D eigenvalue weighted by atomic mass is 32.2. The van der Waals surface area contributed by atoms with E-state index >= 15 is 0 Å². The molecule has 0 unspecified atom stereocenters. The molecule has 1 aliphatic heterocycles. The summed E-state index contributed by atoms with van der Waals surface area (Å²) in [5.74, 6) is 0.688. The predicted octanol–water partition coefficient (Wildman–Crippen LogP) is 1.23. The van der Waals surface area contributed by atoms with E-state index in [0.29, 0.717) is 43.0 Å². The summed E-state index contributed by atoms with van der Waals surface area (Å²) in [4.78, 5) is 5.12. The third kappa shape index (κ3) is 5.17. The van der Waals surface area contributed by atoms with E-state index in [-0.39, 0.29) is 5.54 Å². The molecular formula is C15H26N4O3S2. The molecule has 136 valence electrons. The van der Waals surface area contributed by atoms with E-state index in [9.17, 15) is 8.42 Å². The lowest BCUT2D eigenvalue weighted by Gasteiger charge is -2.25. The molecule has 2 rings (SSSR count). The molecule has 1 aliphatic rings. The zero-order valence-electron chi connectivity index (χ0n) is 14.6. The van der Waals surface area contributed by atoms with Crippen molar-refractivity contribution in [3.63, 3.8) is 0 Å². The van der Waals surface area contributed by atoms with Crippen molar-refractivity contribution < 1.29 is 13.2 Å². The quantitative estimate of drug-likeness (QED) is 0.612. The Morgan fingerprint density at radius 2 is 2.00 bits per heavy atom. The molecule has 0 atom stereocenters. The van der Waals surface area contributed by atoms with Gasteiger partial charge in [0.1, 0.15) is 4.21 Å². The molecule has 0 radical (unpaired) electrons. The fraction of sp³-hybridized carbons (Fsp3) is 0.667. The summed E-state index contributed by atoms with van der Waals surface area (Å²) in [7, 11) is -1.70. The topological polar surface area (TPSA) is 83.0 Å². The van der Waals surface area contributed by atoms with E-state index in [0.717, 1.165) is 4.88 Å². The average molecular weight is 375 g/mol. The van der Waals surface area contributed by atoms with Gasteiger partial charge in [-0.25, -0.2) is 8.42 Å². The molecule has 2 heterocycles. The van der Waals surface area contributed by atoms with Crippen molar-refractivity contribution in [2.45, 2.75) is 37.1 Å². The van der Waals surface area contributed by atoms with Crippen LogP contribution in [-0.4, -0.2) is 57.6 Å². The first-order chi connectivity index (χ1) is 11.2. The van der Waals surface area contributed by atoms with E-state index in [4.69, 9.17) is 4.74 Å². The van der Waals surface area contributed by atoms with Gasteiger partial charge in [0.05, 0.1) is 19.8 Å². The number of ether oxygens (including phenoxy) is 1. The van der Waals surface area contributed by atoms with Crippen molar-refractivity contribution in [2.24, 2.45) is 4.99 Å². The monoisotopic (exact) mass is 374 g/mol. The normalized spacial score (nSPS) is 17.8. The van der Waals surface area contributed by atoms with Crippen LogP contribution < -0.4 is 10.6 Å². The SMILES string of the molecule is CN=C(NCc1ccc(S(=O)(=O)N2CCOCC2)s1)NC(C)(C)C. The van der Waals surface area contributed by atoms with Crippen LogP contribution in [0.2, 0.25) is 0 Å². The summed E-state index contributed by atoms with van der Waals surface area (Å²) >= 11 is 1.29. The molecule has 7 nitrogen and oxygen atoms in total. The first kappa shape index (κ1) is 19.2. The van der Waals surface area contributed by atoms with Crippen LogP contribution in [0, 0.1) is 0 Å². The van der Waals surface area contributed by atoms with Crippen molar-refractivity contribution in [3.05, 3.63) is 17.0 Å². The minimum absolute atomic E-state index is 0.0951. The maximum atomic E-state index is 12.6. The second-order valence-corrected chi connectivity index (χ2v) is 9.87. The molecule has 1 fully saturated rings. The zero-order chi connectivity index (χ0) is 17.8. The molecule has 0 aliphatic carbocycles. The van der Waals surface area contributed by atoms with Crippen molar-refractivity contribution in [1.29, 1.82) is 0 Å².